The Bertz CT molecular complexity index is 657. The van der Waals surface area contributed by atoms with Crippen molar-refractivity contribution < 1.29 is 14.0 Å². The van der Waals surface area contributed by atoms with Gasteiger partial charge in [-0.25, -0.2) is 0 Å². The summed E-state index contributed by atoms with van der Waals surface area (Å²) in [6.45, 7) is 1.42. The number of furan rings is 1. The van der Waals surface area contributed by atoms with E-state index in [-0.39, 0.29) is 11.6 Å². The maximum absolute atomic E-state index is 12.7. The molecule has 1 saturated heterocycles. The third-order valence-corrected chi connectivity index (χ3v) is 4.19. The van der Waals surface area contributed by atoms with Crippen molar-refractivity contribution in [3.05, 3.63) is 60.1 Å². The van der Waals surface area contributed by atoms with Gasteiger partial charge in [-0.3, -0.25) is 4.79 Å². The Morgan fingerprint density at radius 3 is 2.52 bits per heavy atom. The third kappa shape index (κ3) is 3.44. The zero-order valence-corrected chi connectivity index (χ0v) is 13.1. The van der Waals surface area contributed by atoms with Crippen LogP contribution in [0.25, 0.3) is 0 Å². The molecule has 1 amide bonds. The van der Waals surface area contributed by atoms with E-state index in [1.54, 1.807) is 12.1 Å². The van der Waals surface area contributed by atoms with Crippen molar-refractivity contribution in [1.82, 2.24) is 4.90 Å². The van der Waals surface area contributed by atoms with Crippen LogP contribution < -0.4 is 0 Å². The van der Waals surface area contributed by atoms with E-state index in [1.807, 2.05) is 11.0 Å². The summed E-state index contributed by atoms with van der Waals surface area (Å²) >= 11 is 0. The fraction of sp³-hybridized carbons (Fsp3) is 0.333. The number of carbonyl (C=O) groups excluding carboxylic acids is 1. The third-order valence-electron chi connectivity index (χ3n) is 4.19. The molecule has 1 aliphatic rings. The molecule has 0 atom stereocenters. The summed E-state index contributed by atoms with van der Waals surface area (Å²) in [6.07, 6.45) is 3.43. The predicted octanol–water partition coefficient (Wildman–Crippen LogP) is 3.04. The van der Waals surface area contributed by atoms with Crippen molar-refractivity contribution in [3.63, 3.8) is 0 Å². The molecule has 0 radical (unpaired) electrons. The average molecular weight is 312 g/mol. The number of hydrogen-bond acceptors (Lipinski definition) is 4. The highest BCUT2D eigenvalue weighted by molar-refractivity contribution is 6.44. The monoisotopic (exact) mass is 312 g/mol. The van der Waals surface area contributed by atoms with Gasteiger partial charge in [0, 0.05) is 13.1 Å². The minimum Gasteiger partial charge on any atom is -0.462 e. The summed E-state index contributed by atoms with van der Waals surface area (Å²) in [5.74, 6) is 0.794. The number of rotatable bonds is 4. The highest BCUT2D eigenvalue weighted by atomic mass is 16.6. The van der Waals surface area contributed by atoms with E-state index < -0.39 is 0 Å². The molecule has 0 N–H and O–H groups in total. The minimum atomic E-state index is -0.145. The first-order chi connectivity index (χ1) is 11.3. The first-order valence-corrected chi connectivity index (χ1v) is 7.79. The first kappa shape index (κ1) is 15.3. The number of hydrogen-bond donors (Lipinski definition) is 0. The van der Waals surface area contributed by atoms with Gasteiger partial charge < -0.3 is 14.2 Å². The first-order valence-electron chi connectivity index (χ1n) is 7.79. The molecule has 1 fully saturated rings. The van der Waals surface area contributed by atoms with E-state index in [4.69, 9.17) is 9.25 Å². The molecule has 2 aromatic rings. The van der Waals surface area contributed by atoms with E-state index in [9.17, 15) is 4.79 Å². The van der Waals surface area contributed by atoms with Gasteiger partial charge in [0.15, 0.2) is 5.76 Å². The van der Waals surface area contributed by atoms with Crippen molar-refractivity contribution in [2.45, 2.75) is 18.8 Å². The van der Waals surface area contributed by atoms with Gasteiger partial charge in [-0.1, -0.05) is 35.5 Å². The lowest BCUT2D eigenvalue weighted by Gasteiger charge is -2.32. The summed E-state index contributed by atoms with van der Waals surface area (Å²) in [7, 11) is 1.43. The van der Waals surface area contributed by atoms with E-state index in [2.05, 4.69) is 29.4 Å². The molecule has 0 spiro atoms. The summed E-state index contributed by atoms with van der Waals surface area (Å²) in [6, 6.07) is 13.9. The molecule has 0 bridgehead atoms. The predicted molar refractivity (Wildman–Crippen MR) is 87.3 cm³/mol. The lowest BCUT2D eigenvalue weighted by atomic mass is 9.89. The number of piperidine rings is 1. The Morgan fingerprint density at radius 2 is 1.91 bits per heavy atom. The summed E-state index contributed by atoms with van der Waals surface area (Å²) in [4.78, 5) is 19.3. The molecule has 0 saturated carbocycles. The second-order valence-corrected chi connectivity index (χ2v) is 5.58. The van der Waals surface area contributed by atoms with Gasteiger partial charge >= 0.3 is 0 Å². The van der Waals surface area contributed by atoms with Crippen molar-refractivity contribution in [3.8, 4) is 0 Å². The van der Waals surface area contributed by atoms with Crippen LogP contribution >= 0.6 is 0 Å². The highest BCUT2D eigenvalue weighted by Crippen LogP contribution is 2.28. The van der Waals surface area contributed by atoms with Crippen LogP contribution in [0.4, 0.5) is 0 Å². The molecule has 1 aliphatic heterocycles. The van der Waals surface area contributed by atoms with Crippen molar-refractivity contribution >= 4 is 11.6 Å². The summed E-state index contributed by atoms with van der Waals surface area (Å²) in [5.41, 5.74) is 1.56. The lowest BCUT2D eigenvalue weighted by molar-refractivity contribution is -0.125. The number of amides is 1. The van der Waals surface area contributed by atoms with E-state index in [0.29, 0.717) is 24.8 Å². The second-order valence-electron chi connectivity index (χ2n) is 5.58. The maximum Gasteiger partial charge on any atom is 0.279 e. The Kier molecular flexibility index (Phi) is 4.76. The SMILES string of the molecule is CON=C(C(=O)N1CCC(c2ccccc2)CC1)c1ccco1. The van der Waals surface area contributed by atoms with Gasteiger partial charge in [0.25, 0.3) is 5.91 Å². The molecule has 2 heterocycles. The van der Waals surface area contributed by atoms with Crippen LogP contribution in [0.15, 0.2) is 58.3 Å². The molecule has 1 aromatic carbocycles. The second kappa shape index (κ2) is 7.13. The number of carbonyl (C=O) groups is 1. The van der Waals surface area contributed by atoms with Crippen LogP contribution in [-0.2, 0) is 9.63 Å². The fourth-order valence-corrected chi connectivity index (χ4v) is 2.98. The van der Waals surface area contributed by atoms with Crippen molar-refractivity contribution in [1.29, 1.82) is 0 Å². The highest BCUT2D eigenvalue weighted by Gasteiger charge is 2.28. The molecular formula is C18H20N2O3. The molecule has 23 heavy (non-hydrogen) atoms. The largest absolute Gasteiger partial charge is 0.462 e. The van der Waals surface area contributed by atoms with Gasteiger partial charge in [-0.15, -0.1) is 0 Å². The van der Waals surface area contributed by atoms with Crippen molar-refractivity contribution in [2.75, 3.05) is 20.2 Å². The van der Waals surface area contributed by atoms with E-state index in [0.717, 1.165) is 12.8 Å². The van der Waals surface area contributed by atoms with Gasteiger partial charge in [-0.05, 0) is 36.5 Å². The standard InChI is InChI=1S/C18H20N2O3/c1-22-19-17(16-8-5-13-23-16)18(21)20-11-9-15(10-12-20)14-6-3-2-4-7-14/h2-8,13,15H,9-12H2,1H3. The molecule has 1 aromatic heterocycles. The quantitative estimate of drug-likeness (QED) is 0.644. The molecule has 0 unspecified atom stereocenters. The zero-order chi connectivity index (χ0) is 16.1. The van der Waals surface area contributed by atoms with Crippen LogP contribution in [0.1, 0.15) is 30.1 Å². The lowest BCUT2D eigenvalue weighted by Crippen LogP contribution is -2.42. The molecule has 5 heteroatoms. The Balaban J connectivity index is 1.67. The van der Waals surface area contributed by atoms with Crippen LogP contribution in [0.3, 0.4) is 0 Å². The summed E-state index contributed by atoms with van der Waals surface area (Å²) < 4.78 is 5.29. The molecule has 5 nitrogen and oxygen atoms in total. The normalized spacial score (nSPS) is 16.4. The van der Waals surface area contributed by atoms with Crippen LogP contribution in [0, 0.1) is 0 Å². The molecular weight excluding hydrogens is 292 g/mol. The van der Waals surface area contributed by atoms with Crippen LogP contribution in [0.2, 0.25) is 0 Å². The average Bonchev–Trinajstić information content (AvgIpc) is 3.14. The Morgan fingerprint density at radius 1 is 1.17 bits per heavy atom. The maximum atomic E-state index is 12.7. The smallest absolute Gasteiger partial charge is 0.279 e. The molecule has 120 valence electrons. The van der Waals surface area contributed by atoms with Crippen LogP contribution in [-0.4, -0.2) is 36.7 Å². The summed E-state index contributed by atoms with van der Waals surface area (Å²) in [5, 5.41) is 3.85. The number of benzene rings is 1. The van der Waals surface area contributed by atoms with Gasteiger partial charge in [0.2, 0.25) is 5.71 Å². The van der Waals surface area contributed by atoms with E-state index in [1.165, 1.54) is 18.9 Å². The topological polar surface area (TPSA) is 55.0 Å². The van der Waals surface area contributed by atoms with E-state index >= 15 is 0 Å². The molecule has 0 aliphatic carbocycles. The van der Waals surface area contributed by atoms with Crippen molar-refractivity contribution in [2.24, 2.45) is 5.16 Å². The zero-order valence-electron chi connectivity index (χ0n) is 13.1. The van der Waals surface area contributed by atoms with Gasteiger partial charge in [0.1, 0.15) is 7.11 Å². The van der Waals surface area contributed by atoms with Gasteiger partial charge in [0.05, 0.1) is 6.26 Å². The Hall–Kier alpha value is -2.56. The van der Waals surface area contributed by atoms with Crippen LogP contribution in [0.5, 0.6) is 0 Å². The Labute approximate surface area is 135 Å². The van der Waals surface area contributed by atoms with Gasteiger partial charge in [-0.2, -0.15) is 0 Å². The number of oxime groups is 1. The molecule has 3 rings (SSSR count). The minimum absolute atomic E-state index is 0.145. The number of nitrogens with zero attached hydrogens (tertiary/aromatic N) is 2. The number of likely N-dealkylation sites (tertiary alicyclic amines) is 1. The fourth-order valence-electron chi connectivity index (χ4n) is 2.98.